The Labute approximate surface area is 145 Å². The van der Waals surface area contributed by atoms with Crippen LogP contribution in [0.15, 0.2) is 59.6 Å². The molecule has 0 aliphatic carbocycles. The van der Waals surface area contributed by atoms with Gasteiger partial charge in [0.1, 0.15) is 0 Å². The minimum absolute atomic E-state index is 0.357. The number of anilines is 1. The van der Waals surface area contributed by atoms with E-state index in [9.17, 15) is 9.59 Å². The second-order valence-electron chi connectivity index (χ2n) is 5.56. The lowest BCUT2D eigenvalue weighted by molar-refractivity contribution is -0.136. The second-order valence-corrected chi connectivity index (χ2v) is 5.56. The average molecular weight is 337 g/mol. The third-order valence-electron chi connectivity index (χ3n) is 3.72. The lowest BCUT2D eigenvalue weighted by Crippen LogP contribution is -2.36. The van der Waals surface area contributed by atoms with Gasteiger partial charge in [0.2, 0.25) is 5.90 Å². The zero-order chi connectivity index (χ0) is 17.5. The van der Waals surface area contributed by atoms with Gasteiger partial charge in [-0.15, -0.1) is 0 Å². The molecule has 2 N–H and O–H groups in total. The van der Waals surface area contributed by atoms with Crippen LogP contribution in [0.1, 0.15) is 17.5 Å². The zero-order valence-electron chi connectivity index (χ0n) is 13.7. The number of aliphatic imine (C=N–C) groups is 1. The molecule has 1 heterocycles. The Morgan fingerprint density at radius 2 is 1.76 bits per heavy atom. The molecule has 0 unspecified atom stereocenters. The molecule has 0 saturated carbocycles. The molecule has 0 fully saturated rings. The fourth-order valence-corrected chi connectivity index (χ4v) is 2.46. The first-order chi connectivity index (χ1) is 12.2. The maximum Gasteiger partial charge on any atom is 0.313 e. The Morgan fingerprint density at radius 3 is 2.60 bits per heavy atom. The Morgan fingerprint density at radius 1 is 1.00 bits per heavy atom. The van der Waals surface area contributed by atoms with E-state index in [0.717, 1.165) is 11.1 Å². The van der Waals surface area contributed by atoms with Crippen LogP contribution in [0.5, 0.6) is 0 Å². The lowest BCUT2D eigenvalue weighted by Gasteiger charge is -2.08. The lowest BCUT2D eigenvalue weighted by atomic mass is 10.1. The fourth-order valence-electron chi connectivity index (χ4n) is 2.46. The van der Waals surface area contributed by atoms with Crippen LogP contribution in [0.4, 0.5) is 5.69 Å². The van der Waals surface area contributed by atoms with Crippen LogP contribution in [-0.4, -0.2) is 30.9 Å². The van der Waals surface area contributed by atoms with Crippen LogP contribution in [0.2, 0.25) is 0 Å². The second kappa shape index (κ2) is 8.10. The fraction of sp³-hybridized carbons (Fsp3) is 0.211. The molecule has 2 amide bonds. The van der Waals surface area contributed by atoms with Gasteiger partial charge in [-0.05, 0) is 30.2 Å². The first-order valence-electron chi connectivity index (χ1n) is 8.14. The Balaban J connectivity index is 1.35. The van der Waals surface area contributed by atoms with Crippen molar-refractivity contribution in [2.75, 3.05) is 18.5 Å². The van der Waals surface area contributed by atoms with Crippen molar-refractivity contribution in [2.45, 2.75) is 13.0 Å². The van der Waals surface area contributed by atoms with Crippen LogP contribution in [-0.2, 0) is 20.9 Å². The number of rotatable bonds is 5. The standard InChI is InChI=1S/C19H19N3O3/c23-17(18(24)22-15-8-2-1-3-9-15)20-11-6-12-25-19-16-10-5-4-7-14(16)13-21-19/h1-5,7-10H,6,11-13H2,(H,20,23)(H,22,24). The number of benzene rings is 2. The highest BCUT2D eigenvalue weighted by Crippen LogP contribution is 2.18. The summed E-state index contributed by atoms with van der Waals surface area (Å²) in [5.74, 6) is -0.697. The monoisotopic (exact) mass is 337 g/mol. The van der Waals surface area contributed by atoms with Crippen LogP contribution in [0.3, 0.4) is 0 Å². The normalized spacial score (nSPS) is 12.1. The maximum atomic E-state index is 11.7. The summed E-state index contributed by atoms with van der Waals surface area (Å²) in [6.07, 6.45) is 0.589. The van der Waals surface area contributed by atoms with Crippen molar-refractivity contribution in [3.8, 4) is 0 Å². The summed E-state index contributed by atoms with van der Waals surface area (Å²) in [5, 5.41) is 5.11. The molecule has 0 aromatic heterocycles. The van der Waals surface area contributed by atoms with E-state index in [2.05, 4.69) is 15.6 Å². The SMILES string of the molecule is O=C(NCCCOC1=NCc2ccccc21)C(=O)Nc1ccccc1. The van der Waals surface area contributed by atoms with E-state index in [1.54, 1.807) is 24.3 Å². The molecule has 3 rings (SSSR count). The summed E-state index contributed by atoms with van der Waals surface area (Å²) in [4.78, 5) is 27.8. The molecule has 1 aliphatic rings. The topological polar surface area (TPSA) is 79.8 Å². The smallest absolute Gasteiger partial charge is 0.313 e. The molecule has 0 bridgehead atoms. The summed E-state index contributed by atoms with van der Waals surface area (Å²) in [6.45, 7) is 1.42. The number of hydrogen-bond acceptors (Lipinski definition) is 4. The van der Waals surface area contributed by atoms with Crippen molar-refractivity contribution < 1.29 is 14.3 Å². The third kappa shape index (κ3) is 4.44. The van der Waals surface area contributed by atoms with Crippen molar-refractivity contribution in [2.24, 2.45) is 4.99 Å². The number of nitrogens with one attached hydrogen (secondary N) is 2. The van der Waals surface area contributed by atoms with Gasteiger partial charge in [-0.25, -0.2) is 4.99 Å². The molecule has 25 heavy (non-hydrogen) atoms. The van der Waals surface area contributed by atoms with E-state index in [-0.39, 0.29) is 0 Å². The highest BCUT2D eigenvalue weighted by molar-refractivity contribution is 6.39. The highest BCUT2D eigenvalue weighted by Gasteiger charge is 2.16. The average Bonchev–Trinajstić information content (AvgIpc) is 3.05. The van der Waals surface area contributed by atoms with Gasteiger partial charge in [0, 0.05) is 17.8 Å². The Bertz CT molecular complexity index is 788. The largest absolute Gasteiger partial charge is 0.477 e. The molecule has 1 aliphatic heterocycles. The van der Waals surface area contributed by atoms with Crippen molar-refractivity contribution in [1.29, 1.82) is 0 Å². The first-order valence-corrected chi connectivity index (χ1v) is 8.14. The molecular formula is C19H19N3O3. The van der Waals surface area contributed by atoms with E-state index in [0.29, 0.717) is 37.7 Å². The molecule has 0 spiro atoms. The molecule has 128 valence electrons. The molecule has 0 atom stereocenters. The predicted octanol–water partition coefficient (Wildman–Crippen LogP) is 2.11. The van der Waals surface area contributed by atoms with Gasteiger partial charge in [0.15, 0.2) is 0 Å². The summed E-state index contributed by atoms with van der Waals surface area (Å²) in [7, 11) is 0. The summed E-state index contributed by atoms with van der Waals surface area (Å²) < 4.78 is 5.67. The van der Waals surface area contributed by atoms with Gasteiger partial charge in [-0.1, -0.05) is 36.4 Å². The van der Waals surface area contributed by atoms with Crippen LogP contribution in [0.25, 0.3) is 0 Å². The molecule has 0 radical (unpaired) electrons. The van der Waals surface area contributed by atoms with Crippen molar-refractivity contribution in [3.05, 3.63) is 65.7 Å². The number of hydrogen-bond donors (Lipinski definition) is 2. The van der Waals surface area contributed by atoms with E-state index >= 15 is 0 Å². The molecular weight excluding hydrogens is 318 g/mol. The van der Waals surface area contributed by atoms with Gasteiger partial charge < -0.3 is 15.4 Å². The molecule has 6 heteroatoms. The van der Waals surface area contributed by atoms with Gasteiger partial charge in [0.05, 0.1) is 13.2 Å². The van der Waals surface area contributed by atoms with Crippen LogP contribution >= 0.6 is 0 Å². The number of carbonyl (C=O) groups excluding carboxylic acids is 2. The number of carbonyl (C=O) groups is 2. The third-order valence-corrected chi connectivity index (χ3v) is 3.72. The van der Waals surface area contributed by atoms with Gasteiger partial charge in [0.25, 0.3) is 0 Å². The quantitative estimate of drug-likeness (QED) is 0.648. The number of amides is 2. The molecule has 2 aromatic rings. The maximum absolute atomic E-state index is 11.7. The highest BCUT2D eigenvalue weighted by atomic mass is 16.5. The minimum Gasteiger partial charge on any atom is -0.477 e. The molecule has 6 nitrogen and oxygen atoms in total. The number of para-hydroxylation sites is 1. The van der Waals surface area contributed by atoms with Crippen molar-refractivity contribution in [3.63, 3.8) is 0 Å². The summed E-state index contributed by atoms with van der Waals surface area (Å²) in [5.41, 5.74) is 2.76. The molecule has 2 aromatic carbocycles. The zero-order valence-corrected chi connectivity index (χ0v) is 13.7. The van der Waals surface area contributed by atoms with Crippen molar-refractivity contribution >= 4 is 23.4 Å². The summed E-state index contributed by atoms with van der Waals surface area (Å²) >= 11 is 0. The van der Waals surface area contributed by atoms with E-state index in [1.165, 1.54) is 0 Å². The minimum atomic E-state index is -0.679. The van der Waals surface area contributed by atoms with Crippen LogP contribution in [0, 0.1) is 0 Å². The van der Waals surface area contributed by atoms with Crippen LogP contribution < -0.4 is 10.6 Å². The van der Waals surface area contributed by atoms with E-state index in [1.807, 2.05) is 30.3 Å². The van der Waals surface area contributed by atoms with Gasteiger partial charge in [-0.3, -0.25) is 9.59 Å². The Kier molecular flexibility index (Phi) is 5.41. The first kappa shape index (κ1) is 16.7. The molecule has 0 saturated heterocycles. The predicted molar refractivity (Wildman–Crippen MR) is 95.3 cm³/mol. The number of nitrogens with zero attached hydrogens (tertiary/aromatic N) is 1. The van der Waals surface area contributed by atoms with E-state index in [4.69, 9.17) is 4.74 Å². The van der Waals surface area contributed by atoms with Gasteiger partial charge in [-0.2, -0.15) is 0 Å². The summed E-state index contributed by atoms with van der Waals surface area (Å²) in [6, 6.07) is 16.8. The Hall–Kier alpha value is -3.15. The number of fused-ring (bicyclic) bond motifs is 1. The number of ether oxygens (including phenoxy) is 1. The van der Waals surface area contributed by atoms with E-state index < -0.39 is 11.8 Å². The van der Waals surface area contributed by atoms with Gasteiger partial charge >= 0.3 is 11.8 Å². The van der Waals surface area contributed by atoms with Crippen molar-refractivity contribution in [1.82, 2.24) is 5.32 Å².